The van der Waals surface area contributed by atoms with Crippen LogP contribution < -0.4 is 10.6 Å². The molecule has 148 valence electrons. The van der Waals surface area contributed by atoms with Gasteiger partial charge in [-0.15, -0.1) is 22.7 Å². The number of benzene rings is 1. The lowest BCUT2D eigenvalue weighted by Gasteiger charge is -2.35. The Balaban J connectivity index is 1.49. The highest BCUT2D eigenvalue weighted by Crippen LogP contribution is 2.36. The van der Waals surface area contributed by atoms with Gasteiger partial charge in [-0.25, -0.2) is 4.98 Å². The molecular weight excluding hydrogens is 406 g/mol. The van der Waals surface area contributed by atoms with Crippen LogP contribution in [0.5, 0.6) is 0 Å². The second kappa shape index (κ2) is 7.88. The van der Waals surface area contributed by atoms with Gasteiger partial charge in [-0.1, -0.05) is 25.1 Å². The van der Waals surface area contributed by atoms with Gasteiger partial charge < -0.3 is 5.32 Å². The molecule has 0 spiro atoms. The largest absolute Gasteiger partial charge is 0.321 e. The molecule has 2 N–H and O–H groups in total. The number of aromatic nitrogens is 1. The molecule has 29 heavy (non-hydrogen) atoms. The van der Waals surface area contributed by atoms with Crippen LogP contribution >= 0.6 is 22.7 Å². The topological polar surface area (TPSA) is 88.2 Å². The highest BCUT2D eigenvalue weighted by atomic mass is 32.1. The summed E-state index contributed by atoms with van der Waals surface area (Å²) in [6, 6.07) is 11.2. The minimum atomic E-state index is -0.707. The van der Waals surface area contributed by atoms with E-state index in [1.807, 2.05) is 36.6 Å². The number of rotatable bonds is 5. The third kappa shape index (κ3) is 3.73. The lowest BCUT2D eigenvalue weighted by Crippen LogP contribution is -2.51. The number of nitrogens with one attached hydrogen (secondary N) is 2. The number of imide groups is 1. The number of piperidine rings is 1. The van der Waals surface area contributed by atoms with Gasteiger partial charge in [0.25, 0.3) is 5.91 Å². The van der Waals surface area contributed by atoms with Crippen LogP contribution in [0.1, 0.15) is 42.2 Å². The summed E-state index contributed by atoms with van der Waals surface area (Å²) >= 11 is 3.02. The maximum absolute atomic E-state index is 12.5. The van der Waals surface area contributed by atoms with Crippen molar-refractivity contribution in [2.45, 2.75) is 31.6 Å². The molecule has 0 aliphatic carbocycles. The van der Waals surface area contributed by atoms with Crippen molar-refractivity contribution in [1.29, 1.82) is 0 Å². The molecule has 1 fully saturated rings. The predicted octanol–water partition coefficient (Wildman–Crippen LogP) is 4.21. The number of thiazole rings is 1. The van der Waals surface area contributed by atoms with Crippen LogP contribution in [0.3, 0.4) is 0 Å². The third-order valence-electron chi connectivity index (χ3n) is 5.23. The van der Waals surface area contributed by atoms with Crippen molar-refractivity contribution in [2.75, 3.05) is 5.32 Å². The highest BCUT2D eigenvalue weighted by molar-refractivity contribution is 7.20. The Morgan fingerprint density at radius 1 is 1.21 bits per heavy atom. The average Bonchev–Trinajstić information content (AvgIpc) is 3.41. The number of amides is 3. The molecule has 6 nitrogen and oxygen atoms in total. The Morgan fingerprint density at radius 3 is 2.66 bits per heavy atom. The normalized spacial score (nSPS) is 19.1. The Hall–Kier alpha value is -2.84. The second-order valence-electron chi connectivity index (χ2n) is 6.86. The number of nitrogens with zero attached hydrogens (tertiary/aromatic N) is 1. The lowest BCUT2D eigenvalue weighted by molar-refractivity contribution is -0.138. The highest BCUT2D eigenvalue weighted by Gasteiger charge is 2.42. The molecule has 0 saturated carbocycles. The first-order chi connectivity index (χ1) is 14.0. The third-order valence-corrected chi connectivity index (χ3v) is 7.12. The van der Waals surface area contributed by atoms with Gasteiger partial charge in [0.05, 0.1) is 10.3 Å². The number of hydrogen-bond acceptors (Lipinski definition) is 6. The zero-order valence-electron chi connectivity index (χ0n) is 15.7. The van der Waals surface area contributed by atoms with Crippen molar-refractivity contribution in [2.24, 2.45) is 0 Å². The quantitative estimate of drug-likeness (QED) is 0.600. The smallest absolute Gasteiger partial charge is 0.275 e. The Labute approximate surface area is 176 Å². The minimum Gasteiger partial charge on any atom is -0.321 e. The maximum Gasteiger partial charge on any atom is 0.275 e. The standard InChI is InChI=1S/C21H19N3O3S2/c1-2-21(10-9-17(25)24-20(21)27)13-5-7-14(8-6-13)22-18(26)15-12-29-19(23-15)16-4-3-11-28-16/h3-8,11-12H,2,9-10H2,1H3,(H,22,26)(H,24,25,27). The van der Waals surface area contributed by atoms with Crippen LogP contribution in [-0.4, -0.2) is 22.7 Å². The first kappa shape index (κ1) is 19.5. The van der Waals surface area contributed by atoms with E-state index < -0.39 is 5.41 Å². The summed E-state index contributed by atoms with van der Waals surface area (Å²) in [5, 5.41) is 9.84. The van der Waals surface area contributed by atoms with E-state index in [9.17, 15) is 14.4 Å². The van der Waals surface area contributed by atoms with Crippen molar-refractivity contribution in [3.8, 4) is 9.88 Å². The van der Waals surface area contributed by atoms with Crippen molar-refractivity contribution >= 4 is 46.1 Å². The summed E-state index contributed by atoms with van der Waals surface area (Å²) in [7, 11) is 0. The molecule has 1 aliphatic rings. The number of carbonyl (C=O) groups is 3. The monoisotopic (exact) mass is 425 g/mol. The van der Waals surface area contributed by atoms with Crippen molar-refractivity contribution in [3.63, 3.8) is 0 Å². The van der Waals surface area contributed by atoms with Gasteiger partial charge in [-0.3, -0.25) is 19.7 Å². The first-order valence-corrected chi connectivity index (χ1v) is 11.0. The van der Waals surface area contributed by atoms with Gasteiger partial charge in [0.15, 0.2) is 0 Å². The molecule has 1 aliphatic heterocycles. The average molecular weight is 426 g/mol. The van der Waals surface area contributed by atoms with Gasteiger partial charge in [0.1, 0.15) is 10.7 Å². The second-order valence-corrected chi connectivity index (χ2v) is 8.67. The van der Waals surface area contributed by atoms with Crippen molar-refractivity contribution in [3.05, 3.63) is 58.4 Å². The number of hydrogen-bond donors (Lipinski definition) is 2. The maximum atomic E-state index is 12.5. The van der Waals surface area contributed by atoms with Gasteiger partial charge in [0, 0.05) is 17.5 Å². The van der Waals surface area contributed by atoms with Gasteiger partial charge >= 0.3 is 0 Å². The molecule has 8 heteroatoms. The van der Waals surface area contributed by atoms with E-state index in [0.717, 1.165) is 15.4 Å². The fraction of sp³-hybridized carbons (Fsp3) is 0.238. The Morgan fingerprint density at radius 2 is 2.00 bits per heavy atom. The number of carbonyl (C=O) groups excluding carboxylic acids is 3. The molecule has 2 aromatic heterocycles. The number of anilines is 1. The molecule has 1 unspecified atom stereocenters. The first-order valence-electron chi connectivity index (χ1n) is 9.27. The van der Waals surface area contributed by atoms with E-state index >= 15 is 0 Å². The fourth-order valence-electron chi connectivity index (χ4n) is 3.53. The zero-order chi connectivity index (χ0) is 20.4. The molecule has 1 aromatic carbocycles. The van der Waals surface area contributed by atoms with Crippen LogP contribution in [0.4, 0.5) is 5.69 Å². The molecular formula is C21H19N3O3S2. The fourth-order valence-corrected chi connectivity index (χ4v) is 5.14. The molecule has 1 atom stereocenters. The molecule has 0 bridgehead atoms. The summed E-state index contributed by atoms with van der Waals surface area (Å²) in [4.78, 5) is 42.0. The van der Waals surface area contributed by atoms with Crippen LogP contribution in [0, 0.1) is 0 Å². The predicted molar refractivity (Wildman–Crippen MR) is 114 cm³/mol. The van der Waals surface area contributed by atoms with E-state index in [-0.39, 0.29) is 17.7 Å². The molecule has 3 aromatic rings. The van der Waals surface area contributed by atoms with E-state index in [0.29, 0.717) is 30.6 Å². The van der Waals surface area contributed by atoms with Crippen LogP contribution in [0.2, 0.25) is 0 Å². The van der Waals surface area contributed by atoms with E-state index in [4.69, 9.17) is 0 Å². The summed E-state index contributed by atoms with van der Waals surface area (Å²) in [5.74, 6) is -0.757. The summed E-state index contributed by atoms with van der Waals surface area (Å²) in [6.07, 6.45) is 1.42. The van der Waals surface area contributed by atoms with Gasteiger partial charge in [-0.05, 0) is 42.0 Å². The molecule has 3 amide bonds. The molecule has 0 radical (unpaired) electrons. The Kier molecular flexibility index (Phi) is 5.29. The Bertz CT molecular complexity index is 1060. The van der Waals surface area contributed by atoms with Crippen molar-refractivity contribution in [1.82, 2.24) is 10.3 Å². The lowest BCUT2D eigenvalue weighted by atomic mass is 9.72. The van der Waals surface area contributed by atoms with E-state index in [2.05, 4.69) is 15.6 Å². The number of thiophene rings is 1. The molecule has 3 heterocycles. The van der Waals surface area contributed by atoms with Crippen molar-refractivity contribution < 1.29 is 14.4 Å². The SMILES string of the molecule is CCC1(c2ccc(NC(=O)c3csc(-c4cccs4)n3)cc2)CCC(=O)NC1=O. The minimum absolute atomic E-state index is 0.229. The molecule has 1 saturated heterocycles. The van der Waals surface area contributed by atoms with Gasteiger partial charge in [-0.2, -0.15) is 0 Å². The van der Waals surface area contributed by atoms with Gasteiger partial charge in [0.2, 0.25) is 11.8 Å². The zero-order valence-corrected chi connectivity index (χ0v) is 17.4. The summed E-state index contributed by atoms with van der Waals surface area (Å²) in [6.45, 7) is 1.94. The van der Waals surface area contributed by atoms with Crippen LogP contribution in [-0.2, 0) is 15.0 Å². The summed E-state index contributed by atoms with van der Waals surface area (Å²) < 4.78 is 0. The van der Waals surface area contributed by atoms with Crippen LogP contribution in [0.25, 0.3) is 9.88 Å². The van der Waals surface area contributed by atoms with E-state index in [1.165, 1.54) is 11.3 Å². The summed E-state index contributed by atoms with van der Waals surface area (Å²) in [5.41, 5.74) is 1.14. The van der Waals surface area contributed by atoms with E-state index in [1.54, 1.807) is 28.8 Å². The molecule has 4 rings (SSSR count). The van der Waals surface area contributed by atoms with Crippen LogP contribution in [0.15, 0.2) is 47.2 Å².